The largest absolute Gasteiger partial charge is 0.377 e. The number of benzene rings is 1. The summed E-state index contributed by atoms with van der Waals surface area (Å²) in [5, 5.41) is 0.0873. The molecule has 98 valence electrons. The molecule has 1 aromatic carbocycles. The van der Waals surface area contributed by atoms with Crippen molar-refractivity contribution in [2.75, 3.05) is 6.61 Å². The first-order valence-electron chi connectivity index (χ1n) is 5.68. The Morgan fingerprint density at radius 3 is 2.89 bits per heavy atom. The number of hydrogen-bond acceptors (Lipinski definition) is 2. The maximum Gasteiger partial charge on any atom is 0.178 e. The van der Waals surface area contributed by atoms with E-state index in [9.17, 15) is 4.39 Å². The van der Waals surface area contributed by atoms with Crippen LogP contribution in [0.5, 0.6) is 0 Å². The van der Waals surface area contributed by atoms with Gasteiger partial charge in [0.05, 0.1) is 28.8 Å². The quantitative estimate of drug-likeness (QED) is 0.864. The second kappa shape index (κ2) is 5.38. The van der Waals surface area contributed by atoms with Crippen molar-refractivity contribution in [3.8, 4) is 0 Å². The SMILES string of the molecule is CC(C)OCCn1c(=S)[nH]c2cc(Cl)c(F)cc21. The zero-order chi connectivity index (χ0) is 13.3. The fraction of sp³-hybridized carbons (Fsp3) is 0.417. The number of ether oxygens (including phenoxy) is 1. The molecule has 18 heavy (non-hydrogen) atoms. The van der Waals surface area contributed by atoms with E-state index in [-0.39, 0.29) is 11.1 Å². The van der Waals surface area contributed by atoms with E-state index < -0.39 is 5.82 Å². The number of aromatic amines is 1. The van der Waals surface area contributed by atoms with Gasteiger partial charge in [-0.05, 0) is 32.1 Å². The Bertz CT molecular complexity index is 620. The second-order valence-corrected chi connectivity index (χ2v) is 5.08. The first-order chi connectivity index (χ1) is 8.49. The summed E-state index contributed by atoms with van der Waals surface area (Å²) < 4.78 is 21.3. The van der Waals surface area contributed by atoms with Gasteiger partial charge in [0.1, 0.15) is 5.82 Å². The van der Waals surface area contributed by atoms with Crippen LogP contribution in [0.1, 0.15) is 13.8 Å². The number of rotatable bonds is 4. The summed E-state index contributed by atoms with van der Waals surface area (Å²) in [6.07, 6.45) is 0.163. The first kappa shape index (κ1) is 13.5. The minimum Gasteiger partial charge on any atom is -0.377 e. The normalized spacial score (nSPS) is 11.6. The van der Waals surface area contributed by atoms with Gasteiger partial charge in [0.25, 0.3) is 0 Å². The van der Waals surface area contributed by atoms with Crippen LogP contribution in [0, 0.1) is 10.6 Å². The summed E-state index contributed by atoms with van der Waals surface area (Å²) >= 11 is 10.9. The highest BCUT2D eigenvalue weighted by atomic mass is 35.5. The number of H-pyrrole nitrogens is 1. The number of nitrogens with zero attached hydrogens (tertiary/aromatic N) is 1. The van der Waals surface area contributed by atoms with Gasteiger partial charge in [-0.3, -0.25) is 0 Å². The number of hydrogen-bond donors (Lipinski definition) is 1. The molecular weight excluding hydrogens is 275 g/mol. The minimum absolute atomic E-state index is 0.0873. The molecule has 1 heterocycles. The van der Waals surface area contributed by atoms with E-state index in [4.69, 9.17) is 28.6 Å². The zero-order valence-electron chi connectivity index (χ0n) is 10.2. The number of fused-ring (bicyclic) bond motifs is 1. The summed E-state index contributed by atoms with van der Waals surface area (Å²) in [6, 6.07) is 2.93. The summed E-state index contributed by atoms with van der Waals surface area (Å²) in [6.45, 7) is 5.04. The van der Waals surface area contributed by atoms with Gasteiger partial charge in [-0.1, -0.05) is 11.6 Å². The van der Waals surface area contributed by atoms with Crippen molar-refractivity contribution >= 4 is 34.9 Å². The van der Waals surface area contributed by atoms with Crippen LogP contribution in [0.3, 0.4) is 0 Å². The fourth-order valence-corrected chi connectivity index (χ4v) is 2.22. The zero-order valence-corrected chi connectivity index (χ0v) is 11.7. The minimum atomic E-state index is -0.448. The third-order valence-corrected chi connectivity index (χ3v) is 3.19. The molecule has 0 bridgehead atoms. The van der Waals surface area contributed by atoms with Gasteiger partial charge in [-0.25, -0.2) is 4.39 Å². The van der Waals surface area contributed by atoms with Gasteiger partial charge in [-0.15, -0.1) is 0 Å². The van der Waals surface area contributed by atoms with E-state index in [0.717, 1.165) is 5.52 Å². The van der Waals surface area contributed by atoms with E-state index in [1.807, 2.05) is 18.4 Å². The van der Waals surface area contributed by atoms with Crippen LogP contribution in [0.4, 0.5) is 4.39 Å². The maximum absolute atomic E-state index is 13.5. The summed E-state index contributed by atoms with van der Waals surface area (Å²) in [5.41, 5.74) is 1.44. The smallest absolute Gasteiger partial charge is 0.178 e. The highest BCUT2D eigenvalue weighted by Gasteiger charge is 2.09. The summed E-state index contributed by atoms with van der Waals surface area (Å²) in [5.74, 6) is -0.448. The molecule has 0 radical (unpaired) electrons. The van der Waals surface area contributed by atoms with E-state index in [1.54, 1.807) is 6.07 Å². The lowest BCUT2D eigenvalue weighted by atomic mass is 10.3. The third-order valence-electron chi connectivity index (χ3n) is 2.58. The molecule has 3 nitrogen and oxygen atoms in total. The van der Waals surface area contributed by atoms with Crippen molar-refractivity contribution in [1.29, 1.82) is 0 Å². The van der Waals surface area contributed by atoms with Gasteiger partial charge in [0.2, 0.25) is 0 Å². The number of imidazole rings is 1. The number of nitrogens with one attached hydrogen (secondary N) is 1. The Labute approximate surface area is 115 Å². The van der Waals surface area contributed by atoms with Gasteiger partial charge in [0, 0.05) is 12.6 Å². The molecular formula is C12H14ClFN2OS. The standard InChI is InChI=1S/C12H14ClFN2OS/c1-7(2)17-4-3-16-11-6-9(14)8(13)5-10(11)15-12(16)18/h5-7H,3-4H2,1-2H3,(H,15,18). The number of halogens is 2. The highest BCUT2D eigenvalue weighted by molar-refractivity contribution is 7.71. The Kier molecular flexibility index (Phi) is 4.04. The molecule has 0 spiro atoms. The maximum atomic E-state index is 13.5. The van der Waals surface area contributed by atoms with Crippen molar-refractivity contribution < 1.29 is 9.13 Å². The van der Waals surface area contributed by atoms with Crippen LogP contribution < -0.4 is 0 Å². The Balaban J connectivity index is 2.35. The van der Waals surface area contributed by atoms with Crippen LogP contribution in [-0.2, 0) is 11.3 Å². The molecule has 1 N–H and O–H groups in total. The summed E-state index contributed by atoms with van der Waals surface area (Å²) in [4.78, 5) is 3.00. The lowest BCUT2D eigenvalue weighted by molar-refractivity contribution is 0.0731. The lowest BCUT2D eigenvalue weighted by Gasteiger charge is -2.08. The van der Waals surface area contributed by atoms with Gasteiger partial charge < -0.3 is 14.3 Å². The third kappa shape index (κ3) is 2.74. The molecule has 0 atom stereocenters. The monoisotopic (exact) mass is 288 g/mol. The van der Waals surface area contributed by atoms with E-state index in [2.05, 4.69) is 4.98 Å². The molecule has 0 aliphatic rings. The molecule has 0 saturated heterocycles. The Hall–Kier alpha value is -0.910. The van der Waals surface area contributed by atoms with Crippen LogP contribution in [0.15, 0.2) is 12.1 Å². The average molecular weight is 289 g/mol. The van der Waals surface area contributed by atoms with Crippen LogP contribution in [0.2, 0.25) is 5.02 Å². The fourth-order valence-electron chi connectivity index (χ4n) is 1.75. The van der Waals surface area contributed by atoms with Crippen molar-refractivity contribution in [3.05, 3.63) is 27.7 Å². The van der Waals surface area contributed by atoms with Crippen molar-refractivity contribution in [2.45, 2.75) is 26.5 Å². The molecule has 0 amide bonds. The molecule has 0 aliphatic heterocycles. The summed E-state index contributed by atoms with van der Waals surface area (Å²) in [7, 11) is 0. The first-order valence-corrected chi connectivity index (χ1v) is 6.47. The highest BCUT2D eigenvalue weighted by Crippen LogP contribution is 2.22. The molecule has 0 aliphatic carbocycles. The van der Waals surface area contributed by atoms with Crippen molar-refractivity contribution in [3.63, 3.8) is 0 Å². The van der Waals surface area contributed by atoms with Crippen LogP contribution in [0.25, 0.3) is 11.0 Å². The van der Waals surface area contributed by atoms with E-state index in [0.29, 0.717) is 23.4 Å². The lowest BCUT2D eigenvalue weighted by Crippen LogP contribution is -2.10. The van der Waals surface area contributed by atoms with Gasteiger partial charge in [-0.2, -0.15) is 0 Å². The van der Waals surface area contributed by atoms with E-state index >= 15 is 0 Å². The van der Waals surface area contributed by atoms with E-state index in [1.165, 1.54) is 6.07 Å². The van der Waals surface area contributed by atoms with Gasteiger partial charge >= 0.3 is 0 Å². The van der Waals surface area contributed by atoms with Crippen molar-refractivity contribution in [2.24, 2.45) is 0 Å². The molecule has 2 aromatic rings. The van der Waals surface area contributed by atoms with Crippen molar-refractivity contribution in [1.82, 2.24) is 9.55 Å². The van der Waals surface area contributed by atoms with Gasteiger partial charge in [0.15, 0.2) is 4.77 Å². The molecule has 0 unspecified atom stereocenters. The number of aromatic nitrogens is 2. The molecule has 1 aromatic heterocycles. The topological polar surface area (TPSA) is 29.9 Å². The Morgan fingerprint density at radius 2 is 2.22 bits per heavy atom. The predicted molar refractivity (Wildman–Crippen MR) is 73.2 cm³/mol. The molecule has 0 fully saturated rings. The molecule has 0 saturated carbocycles. The predicted octanol–water partition coefficient (Wildman–Crippen LogP) is 3.92. The Morgan fingerprint density at radius 1 is 1.50 bits per heavy atom. The molecule has 2 rings (SSSR count). The van der Waals surface area contributed by atoms with Crippen LogP contribution in [-0.4, -0.2) is 22.3 Å². The average Bonchev–Trinajstić information content (AvgIpc) is 2.56. The molecule has 6 heteroatoms. The van der Waals surface area contributed by atoms with Crippen LogP contribution >= 0.6 is 23.8 Å². The second-order valence-electron chi connectivity index (χ2n) is 4.28.